The topological polar surface area (TPSA) is 55.3 Å². The zero-order valence-electron chi connectivity index (χ0n) is 15.2. The quantitative estimate of drug-likeness (QED) is 0.336. The molecule has 1 saturated heterocycles. The van der Waals surface area contributed by atoms with E-state index in [1.165, 1.54) is 6.42 Å². The average molecular weight is 329 g/mol. The highest BCUT2D eigenvalue weighted by atomic mass is 16.5. The van der Waals surface area contributed by atoms with Crippen molar-refractivity contribution in [1.29, 1.82) is 0 Å². The Morgan fingerprint density at radius 1 is 1.17 bits per heavy atom. The number of nitrogens with one attached hydrogen (secondary N) is 1. The van der Waals surface area contributed by atoms with Crippen molar-refractivity contribution in [3.63, 3.8) is 0 Å². The Labute approximate surface area is 141 Å². The fourth-order valence-corrected chi connectivity index (χ4v) is 2.54. The zero-order chi connectivity index (χ0) is 16.8. The molecule has 23 heavy (non-hydrogen) atoms. The molecule has 6 heteroatoms. The third-order valence-electron chi connectivity index (χ3n) is 3.85. The van der Waals surface area contributed by atoms with E-state index in [1.807, 2.05) is 0 Å². The van der Waals surface area contributed by atoms with Gasteiger partial charge in [-0.3, -0.25) is 4.99 Å². The maximum absolute atomic E-state index is 5.65. The van der Waals surface area contributed by atoms with Crippen LogP contribution in [0.4, 0.5) is 0 Å². The van der Waals surface area contributed by atoms with E-state index in [1.54, 1.807) is 7.11 Å². The van der Waals surface area contributed by atoms with Gasteiger partial charge in [0.1, 0.15) is 0 Å². The van der Waals surface area contributed by atoms with Crippen LogP contribution in [0.1, 0.15) is 33.1 Å². The number of aliphatic imine (C=N–C) groups is 1. The second-order valence-corrected chi connectivity index (χ2v) is 5.87. The van der Waals surface area contributed by atoms with E-state index in [-0.39, 0.29) is 0 Å². The molecule has 0 amide bonds. The van der Waals surface area contributed by atoms with Crippen molar-refractivity contribution in [2.45, 2.75) is 33.1 Å². The molecule has 0 aliphatic carbocycles. The van der Waals surface area contributed by atoms with E-state index in [4.69, 9.17) is 14.2 Å². The standard InChI is InChI=1S/C17H35N3O3/c1-4-6-10-22-11-8-19-17(18-5-2)20-9-7-16(14-20)15-23-13-12-21-3/h16H,4-15H2,1-3H3,(H,18,19). The number of unbranched alkanes of at least 4 members (excludes halogenated alkanes) is 1. The molecule has 1 rings (SSSR count). The Bertz CT molecular complexity index is 313. The third kappa shape index (κ3) is 9.13. The first-order valence-electron chi connectivity index (χ1n) is 8.99. The number of methoxy groups -OCH3 is 1. The predicted octanol–water partition coefficient (Wildman–Crippen LogP) is 1.75. The summed E-state index contributed by atoms with van der Waals surface area (Å²) in [6.07, 6.45) is 3.46. The maximum Gasteiger partial charge on any atom is 0.194 e. The molecule has 1 atom stereocenters. The van der Waals surface area contributed by atoms with Crippen molar-refractivity contribution in [2.75, 3.05) is 66.3 Å². The first-order chi connectivity index (χ1) is 11.3. The Hall–Kier alpha value is -0.850. The minimum atomic E-state index is 0.580. The number of hydrogen-bond acceptors (Lipinski definition) is 4. The molecule has 6 nitrogen and oxygen atoms in total. The van der Waals surface area contributed by atoms with Crippen LogP contribution in [0.2, 0.25) is 0 Å². The van der Waals surface area contributed by atoms with Crippen molar-refractivity contribution >= 4 is 5.96 Å². The van der Waals surface area contributed by atoms with E-state index in [2.05, 4.69) is 29.1 Å². The minimum Gasteiger partial charge on any atom is -0.382 e. The molecule has 1 unspecified atom stereocenters. The molecule has 0 bridgehead atoms. The van der Waals surface area contributed by atoms with Crippen LogP contribution in [-0.2, 0) is 14.2 Å². The third-order valence-corrected chi connectivity index (χ3v) is 3.85. The molecule has 1 aliphatic heterocycles. The van der Waals surface area contributed by atoms with Crippen LogP contribution in [0, 0.1) is 5.92 Å². The van der Waals surface area contributed by atoms with Gasteiger partial charge in [0.15, 0.2) is 5.96 Å². The van der Waals surface area contributed by atoms with Gasteiger partial charge in [-0.05, 0) is 19.8 Å². The SMILES string of the molecule is CCCCOCCN=C(NCC)N1CCC(COCCOC)C1. The summed E-state index contributed by atoms with van der Waals surface area (Å²) in [7, 11) is 1.70. The zero-order valence-corrected chi connectivity index (χ0v) is 15.2. The highest BCUT2D eigenvalue weighted by Gasteiger charge is 2.24. The summed E-state index contributed by atoms with van der Waals surface area (Å²) in [5, 5.41) is 3.38. The average Bonchev–Trinajstić information content (AvgIpc) is 3.02. The Kier molecular flexibility index (Phi) is 11.9. The van der Waals surface area contributed by atoms with Crippen molar-refractivity contribution in [3.8, 4) is 0 Å². The molecular weight excluding hydrogens is 294 g/mol. The van der Waals surface area contributed by atoms with Crippen LogP contribution in [0.3, 0.4) is 0 Å². The Morgan fingerprint density at radius 2 is 2.04 bits per heavy atom. The van der Waals surface area contributed by atoms with E-state index in [9.17, 15) is 0 Å². The fraction of sp³-hybridized carbons (Fsp3) is 0.941. The van der Waals surface area contributed by atoms with E-state index >= 15 is 0 Å². The van der Waals surface area contributed by atoms with Gasteiger partial charge in [0.25, 0.3) is 0 Å². The monoisotopic (exact) mass is 329 g/mol. The number of nitrogens with zero attached hydrogens (tertiary/aromatic N) is 2. The number of guanidine groups is 1. The van der Waals surface area contributed by atoms with Crippen LogP contribution >= 0.6 is 0 Å². The Balaban J connectivity index is 2.27. The van der Waals surface area contributed by atoms with Gasteiger partial charge < -0.3 is 24.4 Å². The molecule has 1 aliphatic rings. The summed E-state index contributed by atoms with van der Waals surface area (Å²) < 4.78 is 16.2. The lowest BCUT2D eigenvalue weighted by atomic mass is 10.1. The maximum atomic E-state index is 5.65. The summed E-state index contributed by atoms with van der Waals surface area (Å²) >= 11 is 0. The van der Waals surface area contributed by atoms with Gasteiger partial charge in [0.05, 0.1) is 33.0 Å². The number of ether oxygens (including phenoxy) is 3. The lowest BCUT2D eigenvalue weighted by Gasteiger charge is -2.21. The van der Waals surface area contributed by atoms with E-state index in [0.717, 1.165) is 58.2 Å². The molecule has 1 heterocycles. The normalized spacial score (nSPS) is 18.7. The van der Waals surface area contributed by atoms with Crippen molar-refractivity contribution < 1.29 is 14.2 Å². The molecule has 0 radical (unpaired) electrons. The minimum absolute atomic E-state index is 0.580. The predicted molar refractivity (Wildman–Crippen MR) is 94.1 cm³/mol. The number of hydrogen-bond donors (Lipinski definition) is 1. The van der Waals surface area contributed by atoms with Gasteiger partial charge in [0.2, 0.25) is 0 Å². The largest absolute Gasteiger partial charge is 0.382 e. The van der Waals surface area contributed by atoms with Crippen molar-refractivity contribution in [3.05, 3.63) is 0 Å². The fourth-order valence-electron chi connectivity index (χ4n) is 2.54. The Morgan fingerprint density at radius 3 is 2.78 bits per heavy atom. The summed E-state index contributed by atoms with van der Waals surface area (Å²) in [5.41, 5.74) is 0. The molecule has 0 aromatic rings. The van der Waals surface area contributed by atoms with Crippen LogP contribution in [-0.4, -0.2) is 77.2 Å². The molecule has 0 aromatic carbocycles. The van der Waals surface area contributed by atoms with Gasteiger partial charge in [-0.2, -0.15) is 0 Å². The summed E-state index contributed by atoms with van der Waals surface area (Å²) in [6.45, 7) is 11.6. The highest BCUT2D eigenvalue weighted by Crippen LogP contribution is 2.16. The van der Waals surface area contributed by atoms with Crippen LogP contribution in [0.25, 0.3) is 0 Å². The van der Waals surface area contributed by atoms with Gasteiger partial charge in [-0.15, -0.1) is 0 Å². The van der Waals surface area contributed by atoms with E-state index in [0.29, 0.717) is 25.7 Å². The first-order valence-corrected chi connectivity index (χ1v) is 8.99. The number of rotatable bonds is 12. The van der Waals surface area contributed by atoms with Crippen LogP contribution in [0.5, 0.6) is 0 Å². The molecule has 1 fully saturated rings. The van der Waals surface area contributed by atoms with Crippen LogP contribution < -0.4 is 5.32 Å². The van der Waals surface area contributed by atoms with E-state index < -0.39 is 0 Å². The first kappa shape index (κ1) is 20.2. The molecule has 1 N–H and O–H groups in total. The molecule has 136 valence electrons. The summed E-state index contributed by atoms with van der Waals surface area (Å²) in [5.74, 6) is 1.59. The molecule has 0 aromatic heterocycles. The second-order valence-electron chi connectivity index (χ2n) is 5.87. The van der Waals surface area contributed by atoms with Gasteiger partial charge in [-0.25, -0.2) is 0 Å². The lowest BCUT2D eigenvalue weighted by molar-refractivity contribution is 0.0536. The summed E-state index contributed by atoms with van der Waals surface area (Å²) in [4.78, 5) is 7.02. The van der Waals surface area contributed by atoms with Crippen LogP contribution in [0.15, 0.2) is 4.99 Å². The molecule has 0 saturated carbocycles. The van der Waals surface area contributed by atoms with Crippen molar-refractivity contribution in [1.82, 2.24) is 10.2 Å². The lowest BCUT2D eigenvalue weighted by Crippen LogP contribution is -2.40. The van der Waals surface area contributed by atoms with Gasteiger partial charge >= 0.3 is 0 Å². The smallest absolute Gasteiger partial charge is 0.194 e. The number of likely N-dealkylation sites (tertiary alicyclic amines) is 1. The van der Waals surface area contributed by atoms with Crippen molar-refractivity contribution in [2.24, 2.45) is 10.9 Å². The molecule has 0 spiro atoms. The van der Waals surface area contributed by atoms with Gasteiger partial charge in [-0.1, -0.05) is 13.3 Å². The van der Waals surface area contributed by atoms with Gasteiger partial charge in [0, 0.05) is 39.3 Å². The molecular formula is C17H35N3O3. The highest BCUT2D eigenvalue weighted by molar-refractivity contribution is 5.80. The second kappa shape index (κ2) is 13.6. The summed E-state index contributed by atoms with van der Waals surface area (Å²) in [6, 6.07) is 0.